The van der Waals surface area contributed by atoms with E-state index < -0.39 is 0 Å². The lowest BCUT2D eigenvalue weighted by atomic mass is 10.2. The van der Waals surface area contributed by atoms with Crippen LogP contribution in [-0.4, -0.2) is 20.9 Å². The summed E-state index contributed by atoms with van der Waals surface area (Å²) >= 11 is 5.34. The molecule has 0 unspecified atom stereocenters. The number of rotatable bonds is 2. The number of aromatic hydroxyl groups is 1. The first kappa shape index (κ1) is 13.7. The lowest BCUT2D eigenvalue weighted by Gasteiger charge is -2.03. The Morgan fingerprint density at radius 3 is 2.78 bits per heavy atom. The minimum atomic E-state index is 0.0942. The lowest BCUT2D eigenvalue weighted by molar-refractivity contribution is 0.440. The topological polar surface area (TPSA) is 53.3 Å². The molecule has 2 aromatic carbocycles. The van der Waals surface area contributed by atoms with Crippen LogP contribution >= 0.6 is 12.2 Å². The smallest absolute Gasteiger partial charge is 0.222 e. The van der Waals surface area contributed by atoms with Crippen molar-refractivity contribution in [2.24, 2.45) is 4.99 Å². The fraction of sp³-hybridized carbons (Fsp3) is 0. The molecular formula is C18H13N3OS. The van der Waals surface area contributed by atoms with Gasteiger partial charge in [0, 0.05) is 11.4 Å². The number of nitrogens with zero attached hydrogens (tertiary/aromatic N) is 2. The van der Waals surface area contributed by atoms with Gasteiger partial charge in [0.25, 0.3) is 0 Å². The van der Waals surface area contributed by atoms with E-state index in [2.05, 4.69) is 9.98 Å². The van der Waals surface area contributed by atoms with Crippen LogP contribution in [-0.2, 0) is 0 Å². The second kappa shape index (κ2) is 5.37. The Morgan fingerprint density at radius 2 is 1.96 bits per heavy atom. The third-order valence-corrected chi connectivity index (χ3v) is 4.03. The average molecular weight is 319 g/mol. The summed E-state index contributed by atoms with van der Waals surface area (Å²) in [7, 11) is 0. The summed E-state index contributed by atoms with van der Waals surface area (Å²) in [5.41, 5.74) is 2.32. The number of imidazole rings is 1. The first-order valence-corrected chi connectivity index (χ1v) is 7.59. The van der Waals surface area contributed by atoms with E-state index in [1.807, 2.05) is 60.7 Å². The predicted octanol–water partition coefficient (Wildman–Crippen LogP) is 2.57. The maximum Gasteiger partial charge on any atom is 0.222 e. The van der Waals surface area contributed by atoms with Crippen LogP contribution in [0.4, 0.5) is 5.69 Å². The van der Waals surface area contributed by atoms with Crippen LogP contribution in [0.1, 0.15) is 5.69 Å². The molecule has 0 saturated heterocycles. The normalized spacial score (nSPS) is 13.1. The maximum atomic E-state index is 10.5. The molecule has 0 aliphatic carbocycles. The van der Waals surface area contributed by atoms with Crippen molar-refractivity contribution in [3.63, 3.8) is 0 Å². The Labute approximate surface area is 137 Å². The summed E-state index contributed by atoms with van der Waals surface area (Å²) in [6.07, 6.45) is 5.61. The van der Waals surface area contributed by atoms with Crippen molar-refractivity contribution in [2.75, 3.05) is 0 Å². The van der Waals surface area contributed by atoms with Crippen LogP contribution < -0.4 is 10.4 Å². The number of hydrogen-bond acceptors (Lipinski definition) is 3. The van der Waals surface area contributed by atoms with Gasteiger partial charge >= 0.3 is 0 Å². The lowest BCUT2D eigenvalue weighted by Crippen LogP contribution is -2.06. The molecule has 0 atom stereocenters. The van der Waals surface area contributed by atoms with Crippen molar-refractivity contribution < 1.29 is 5.11 Å². The summed E-state index contributed by atoms with van der Waals surface area (Å²) in [5.74, 6) is 0.0942. The zero-order valence-corrected chi connectivity index (χ0v) is 12.9. The molecule has 0 saturated carbocycles. The van der Waals surface area contributed by atoms with Crippen molar-refractivity contribution in [3.05, 3.63) is 69.4 Å². The van der Waals surface area contributed by atoms with Crippen LogP contribution in [0, 0.1) is 4.77 Å². The molecule has 0 fully saturated rings. The van der Waals surface area contributed by atoms with E-state index >= 15 is 0 Å². The van der Waals surface area contributed by atoms with Crippen molar-refractivity contribution in [1.29, 1.82) is 0 Å². The minimum absolute atomic E-state index is 0.0942. The quantitative estimate of drug-likeness (QED) is 0.713. The molecule has 0 bridgehead atoms. The highest BCUT2D eigenvalue weighted by Gasteiger charge is 2.10. The summed E-state index contributed by atoms with van der Waals surface area (Å²) < 4.78 is 2.06. The predicted molar refractivity (Wildman–Crippen MR) is 94.5 cm³/mol. The van der Waals surface area contributed by atoms with Gasteiger partial charge in [0.1, 0.15) is 5.69 Å². The molecule has 1 aliphatic heterocycles. The Morgan fingerprint density at radius 1 is 1.13 bits per heavy atom. The van der Waals surface area contributed by atoms with Gasteiger partial charge in [-0.05, 0) is 47.8 Å². The SMILES string of the molecule is Oc1c(C=c2ccc3c(c2)N=CC=3)[nH]c(=S)n1-c1ccccc1. The Bertz CT molecular complexity index is 1090. The van der Waals surface area contributed by atoms with Crippen LogP contribution in [0.2, 0.25) is 0 Å². The fourth-order valence-electron chi connectivity index (χ4n) is 2.63. The first-order valence-electron chi connectivity index (χ1n) is 7.18. The number of benzene rings is 2. The number of para-hydroxylation sites is 1. The average Bonchev–Trinajstić information content (AvgIpc) is 3.13. The van der Waals surface area contributed by atoms with Gasteiger partial charge in [0.2, 0.25) is 5.88 Å². The van der Waals surface area contributed by atoms with Crippen molar-refractivity contribution >= 4 is 36.3 Å². The van der Waals surface area contributed by atoms with Crippen molar-refractivity contribution in [3.8, 4) is 11.6 Å². The molecule has 23 heavy (non-hydrogen) atoms. The molecule has 3 aromatic rings. The van der Waals surface area contributed by atoms with E-state index in [4.69, 9.17) is 12.2 Å². The summed E-state index contributed by atoms with van der Waals surface area (Å²) in [6, 6.07) is 15.5. The Kier molecular flexibility index (Phi) is 3.20. The van der Waals surface area contributed by atoms with Gasteiger partial charge in [-0.25, -0.2) is 0 Å². The Balaban J connectivity index is 1.86. The summed E-state index contributed by atoms with van der Waals surface area (Å²) in [5, 5.41) is 12.6. The minimum Gasteiger partial charge on any atom is -0.493 e. The second-order valence-corrected chi connectivity index (χ2v) is 5.63. The number of nitrogens with one attached hydrogen (secondary N) is 1. The number of hydrogen-bond donors (Lipinski definition) is 2. The number of H-pyrrole nitrogens is 1. The van der Waals surface area contributed by atoms with Gasteiger partial charge < -0.3 is 10.1 Å². The molecule has 0 spiro atoms. The molecule has 112 valence electrons. The van der Waals surface area contributed by atoms with Gasteiger partial charge in [0.05, 0.1) is 11.4 Å². The van der Waals surface area contributed by atoms with Crippen LogP contribution in [0.25, 0.3) is 17.8 Å². The fourth-order valence-corrected chi connectivity index (χ4v) is 2.93. The number of aromatic nitrogens is 2. The van der Waals surface area contributed by atoms with E-state index in [0.717, 1.165) is 21.8 Å². The van der Waals surface area contributed by atoms with Crippen molar-refractivity contribution in [1.82, 2.24) is 9.55 Å². The molecule has 1 aromatic heterocycles. The van der Waals surface area contributed by atoms with E-state index in [1.165, 1.54) is 0 Å². The van der Waals surface area contributed by atoms with E-state index in [1.54, 1.807) is 10.8 Å². The molecule has 0 radical (unpaired) electrons. The van der Waals surface area contributed by atoms with E-state index in [-0.39, 0.29) is 5.88 Å². The molecule has 2 heterocycles. The highest BCUT2D eigenvalue weighted by molar-refractivity contribution is 7.71. The molecule has 5 heteroatoms. The van der Waals surface area contributed by atoms with Gasteiger partial charge in [-0.2, -0.15) is 0 Å². The third kappa shape index (κ3) is 2.41. The maximum absolute atomic E-state index is 10.5. The number of aliphatic imine (C=N–C) groups is 1. The highest BCUT2D eigenvalue weighted by atomic mass is 32.1. The Hall–Kier alpha value is -2.92. The highest BCUT2D eigenvalue weighted by Crippen LogP contribution is 2.22. The third-order valence-electron chi connectivity index (χ3n) is 3.75. The largest absolute Gasteiger partial charge is 0.493 e. The molecule has 0 amide bonds. The molecule has 2 N–H and O–H groups in total. The number of fused-ring (bicyclic) bond motifs is 1. The van der Waals surface area contributed by atoms with Gasteiger partial charge in [-0.1, -0.05) is 30.3 Å². The van der Waals surface area contributed by atoms with Crippen LogP contribution in [0.5, 0.6) is 5.88 Å². The second-order valence-electron chi connectivity index (χ2n) is 5.25. The first-order chi connectivity index (χ1) is 11.2. The monoisotopic (exact) mass is 319 g/mol. The molecule has 4 nitrogen and oxygen atoms in total. The van der Waals surface area contributed by atoms with Gasteiger partial charge in [0.15, 0.2) is 4.77 Å². The van der Waals surface area contributed by atoms with Crippen LogP contribution in [0.15, 0.2) is 53.5 Å². The zero-order chi connectivity index (χ0) is 15.8. The van der Waals surface area contributed by atoms with E-state index in [9.17, 15) is 5.11 Å². The number of aromatic amines is 1. The summed E-state index contributed by atoms with van der Waals surface area (Å²) in [6.45, 7) is 0. The van der Waals surface area contributed by atoms with Gasteiger partial charge in [-0.15, -0.1) is 0 Å². The zero-order valence-electron chi connectivity index (χ0n) is 12.1. The molecule has 1 aliphatic rings. The molecule has 4 rings (SSSR count). The molecular weight excluding hydrogens is 306 g/mol. The standard InChI is InChI=1S/C18H13N3OS/c22-17-16(11-12-6-7-13-8-9-19-15(13)10-12)20-18(23)21(17)14-4-2-1-3-5-14/h1-11,22H,(H,20,23). The van der Waals surface area contributed by atoms with Gasteiger partial charge in [-0.3, -0.25) is 9.56 Å². The van der Waals surface area contributed by atoms with E-state index in [0.29, 0.717) is 10.5 Å². The van der Waals surface area contributed by atoms with Crippen molar-refractivity contribution in [2.45, 2.75) is 0 Å². The summed E-state index contributed by atoms with van der Waals surface area (Å²) in [4.78, 5) is 7.35. The van der Waals surface area contributed by atoms with Crippen LogP contribution in [0.3, 0.4) is 0 Å².